The second-order valence-electron chi connectivity index (χ2n) is 7.03. The maximum Gasteiger partial charge on any atom is 0.317 e. The minimum Gasteiger partial charge on any atom is -0.396 e. The van der Waals surface area contributed by atoms with Crippen molar-refractivity contribution < 1.29 is 9.90 Å². The second-order valence-corrected chi connectivity index (χ2v) is 7.03. The molecule has 5 heteroatoms. The van der Waals surface area contributed by atoms with Crippen LogP contribution in [0.1, 0.15) is 51.9 Å². The van der Waals surface area contributed by atoms with E-state index >= 15 is 0 Å². The molecule has 2 amide bonds. The number of carbonyl (C=O) groups is 1. The van der Waals surface area contributed by atoms with Crippen LogP contribution in [0.4, 0.5) is 4.79 Å². The predicted molar refractivity (Wildman–Crippen MR) is 88.9 cm³/mol. The van der Waals surface area contributed by atoms with E-state index in [1.54, 1.807) is 0 Å². The average molecular weight is 311 g/mol. The molecule has 128 valence electrons. The molecule has 0 aromatic rings. The molecule has 0 spiro atoms. The summed E-state index contributed by atoms with van der Waals surface area (Å²) in [6, 6.07) is 0.751. The van der Waals surface area contributed by atoms with Crippen molar-refractivity contribution in [3.63, 3.8) is 0 Å². The van der Waals surface area contributed by atoms with Crippen LogP contribution in [0.15, 0.2) is 0 Å². The van der Waals surface area contributed by atoms with Crippen LogP contribution in [0.2, 0.25) is 0 Å². The van der Waals surface area contributed by atoms with Crippen molar-refractivity contribution in [3.8, 4) is 0 Å². The van der Waals surface area contributed by atoms with E-state index in [2.05, 4.69) is 17.1 Å². The number of aliphatic hydroxyl groups is 1. The fourth-order valence-corrected chi connectivity index (χ4v) is 3.77. The third-order valence-corrected chi connectivity index (χ3v) is 5.40. The molecule has 0 bridgehead atoms. The van der Waals surface area contributed by atoms with Crippen molar-refractivity contribution in [3.05, 3.63) is 0 Å². The molecule has 1 aliphatic carbocycles. The SMILES string of the molecule is CCCN1CCC(NC(=O)N(C)C2CCC(CO)CC2)CC1. The van der Waals surface area contributed by atoms with Gasteiger partial charge in [-0.15, -0.1) is 0 Å². The molecule has 0 unspecified atom stereocenters. The van der Waals surface area contributed by atoms with Crippen molar-refractivity contribution >= 4 is 6.03 Å². The maximum atomic E-state index is 12.4. The minimum atomic E-state index is 0.0846. The van der Waals surface area contributed by atoms with E-state index in [9.17, 15) is 9.90 Å². The van der Waals surface area contributed by atoms with Gasteiger partial charge in [0.15, 0.2) is 0 Å². The van der Waals surface area contributed by atoms with Gasteiger partial charge >= 0.3 is 6.03 Å². The highest BCUT2D eigenvalue weighted by Crippen LogP contribution is 2.26. The predicted octanol–water partition coefficient (Wildman–Crippen LogP) is 2.05. The van der Waals surface area contributed by atoms with Crippen LogP contribution >= 0.6 is 0 Å². The standard InChI is InChI=1S/C17H33N3O2/c1-3-10-20-11-8-15(9-12-20)18-17(22)19(2)16-6-4-14(13-21)5-7-16/h14-16,21H,3-13H2,1-2H3,(H,18,22). The molecule has 0 radical (unpaired) electrons. The molecule has 2 fully saturated rings. The van der Waals surface area contributed by atoms with Crippen molar-refractivity contribution in [2.24, 2.45) is 5.92 Å². The van der Waals surface area contributed by atoms with Crippen molar-refractivity contribution in [1.29, 1.82) is 0 Å². The number of likely N-dealkylation sites (tertiary alicyclic amines) is 1. The van der Waals surface area contributed by atoms with Crippen LogP contribution in [-0.4, -0.2) is 66.3 Å². The molecule has 2 aliphatic rings. The molecule has 1 saturated heterocycles. The van der Waals surface area contributed by atoms with E-state index in [0.29, 0.717) is 24.6 Å². The number of piperidine rings is 1. The van der Waals surface area contributed by atoms with E-state index < -0.39 is 0 Å². The lowest BCUT2D eigenvalue weighted by Gasteiger charge is -2.36. The van der Waals surface area contributed by atoms with E-state index in [1.165, 1.54) is 13.0 Å². The number of rotatable bonds is 5. The molecule has 22 heavy (non-hydrogen) atoms. The average Bonchev–Trinajstić information content (AvgIpc) is 2.56. The summed E-state index contributed by atoms with van der Waals surface area (Å²) in [5.74, 6) is 0.440. The van der Waals surface area contributed by atoms with Crippen LogP contribution in [0.5, 0.6) is 0 Å². The normalized spacial score (nSPS) is 27.6. The first-order valence-electron chi connectivity index (χ1n) is 9.00. The largest absolute Gasteiger partial charge is 0.396 e. The van der Waals surface area contributed by atoms with Gasteiger partial charge in [-0.1, -0.05) is 6.92 Å². The molecule has 0 atom stereocenters. The van der Waals surface area contributed by atoms with Gasteiger partial charge in [-0.25, -0.2) is 4.79 Å². The zero-order chi connectivity index (χ0) is 15.9. The third kappa shape index (κ3) is 4.85. The number of nitrogens with zero attached hydrogens (tertiary/aromatic N) is 2. The Morgan fingerprint density at radius 1 is 1.18 bits per heavy atom. The summed E-state index contributed by atoms with van der Waals surface area (Å²) in [5, 5.41) is 12.4. The molecule has 0 aromatic carbocycles. The van der Waals surface area contributed by atoms with Crippen LogP contribution in [0, 0.1) is 5.92 Å². The maximum absolute atomic E-state index is 12.4. The summed E-state index contributed by atoms with van der Waals surface area (Å²) < 4.78 is 0. The molecule has 2 rings (SSSR count). The molecule has 1 saturated carbocycles. The summed E-state index contributed by atoms with van der Waals surface area (Å²) in [5.41, 5.74) is 0. The van der Waals surface area contributed by atoms with Crippen molar-refractivity contribution in [1.82, 2.24) is 15.1 Å². The van der Waals surface area contributed by atoms with Crippen LogP contribution in [0.25, 0.3) is 0 Å². The van der Waals surface area contributed by atoms with Crippen LogP contribution in [0.3, 0.4) is 0 Å². The Bertz CT molecular complexity index is 335. The number of carbonyl (C=O) groups excluding carboxylic acids is 1. The van der Waals surface area contributed by atoms with E-state index in [1.807, 2.05) is 11.9 Å². The number of urea groups is 1. The Kier molecular flexibility index (Phi) is 6.96. The number of nitrogens with one attached hydrogen (secondary N) is 1. The first-order chi connectivity index (χ1) is 10.6. The molecular formula is C17H33N3O2. The van der Waals surface area contributed by atoms with Crippen LogP contribution in [-0.2, 0) is 0 Å². The lowest BCUT2D eigenvalue weighted by Crippen LogP contribution is -2.51. The summed E-state index contributed by atoms with van der Waals surface area (Å²) >= 11 is 0. The molecule has 1 heterocycles. The quantitative estimate of drug-likeness (QED) is 0.817. The van der Waals surface area contributed by atoms with Crippen molar-refractivity contribution in [2.45, 2.75) is 64.0 Å². The summed E-state index contributed by atoms with van der Waals surface area (Å²) in [7, 11) is 1.92. The number of hydrogen-bond acceptors (Lipinski definition) is 3. The van der Waals surface area contributed by atoms with Crippen LogP contribution < -0.4 is 5.32 Å². The van der Waals surface area contributed by atoms with Gasteiger partial charge in [0.1, 0.15) is 0 Å². The van der Waals surface area contributed by atoms with Gasteiger partial charge in [0.05, 0.1) is 0 Å². The fourth-order valence-electron chi connectivity index (χ4n) is 3.77. The Balaban J connectivity index is 1.71. The van der Waals surface area contributed by atoms with Gasteiger partial charge in [0.25, 0.3) is 0 Å². The van der Waals surface area contributed by atoms with Gasteiger partial charge in [0, 0.05) is 38.8 Å². The molecule has 1 aliphatic heterocycles. The zero-order valence-electron chi connectivity index (χ0n) is 14.3. The third-order valence-electron chi connectivity index (χ3n) is 5.40. The number of aliphatic hydroxyl groups excluding tert-OH is 1. The second kappa shape index (κ2) is 8.73. The molecule has 0 aromatic heterocycles. The Hall–Kier alpha value is -0.810. The highest BCUT2D eigenvalue weighted by atomic mass is 16.3. The summed E-state index contributed by atoms with van der Waals surface area (Å²) in [6.45, 7) is 5.89. The molecular weight excluding hydrogens is 278 g/mol. The number of amides is 2. The lowest BCUT2D eigenvalue weighted by molar-refractivity contribution is 0.128. The minimum absolute atomic E-state index is 0.0846. The zero-order valence-corrected chi connectivity index (χ0v) is 14.3. The fraction of sp³-hybridized carbons (Fsp3) is 0.941. The lowest BCUT2D eigenvalue weighted by atomic mass is 9.86. The Morgan fingerprint density at radius 3 is 2.36 bits per heavy atom. The van der Waals surface area contributed by atoms with Gasteiger partial charge < -0.3 is 20.2 Å². The van der Waals surface area contributed by atoms with E-state index in [0.717, 1.165) is 51.6 Å². The monoisotopic (exact) mass is 311 g/mol. The van der Waals surface area contributed by atoms with Gasteiger partial charge in [-0.2, -0.15) is 0 Å². The topological polar surface area (TPSA) is 55.8 Å². The van der Waals surface area contributed by atoms with Crippen molar-refractivity contribution in [2.75, 3.05) is 33.3 Å². The van der Waals surface area contributed by atoms with Gasteiger partial charge in [0.2, 0.25) is 0 Å². The van der Waals surface area contributed by atoms with Gasteiger partial charge in [-0.05, 0) is 57.4 Å². The molecule has 2 N–H and O–H groups in total. The first-order valence-corrected chi connectivity index (χ1v) is 9.00. The first kappa shape index (κ1) is 17.5. The van der Waals surface area contributed by atoms with E-state index in [-0.39, 0.29) is 6.03 Å². The summed E-state index contributed by atoms with van der Waals surface area (Å²) in [4.78, 5) is 16.8. The van der Waals surface area contributed by atoms with Gasteiger partial charge in [-0.3, -0.25) is 0 Å². The molecule has 5 nitrogen and oxygen atoms in total. The highest BCUT2D eigenvalue weighted by Gasteiger charge is 2.28. The van der Waals surface area contributed by atoms with E-state index in [4.69, 9.17) is 0 Å². The number of hydrogen-bond donors (Lipinski definition) is 2. The Labute approximate surface area is 135 Å². The smallest absolute Gasteiger partial charge is 0.317 e. The Morgan fingerprint density at radius 2 is 1.82 bits per heavy atom. The highest BCUT2D eigenvalue weighted by molar-refractivity contribution is 5.74. The summed E-state index contributed by atoms with van der Waals surface area (Å²) in [6.07, 6.45) is 7.44.